The van der Waals surface area contributed by atoms with Crippen LogP contribution in [0.15, 0.2) is 35.5 Å². The van der Waals surface area contributed by atoms with Gasteiger partial charge in [0.2, 0.25) is 0 Å². The number of hydrogen-bond acceptors (Lipinski definition) is 8. The molecule has 12 heteroatoms. The lowest BCUT2D eigenvalue weighted by Gasteiger charge is -2.19. The third kappa shape index (κ3) is 2.95. The van der Waals surface area contributed by atoms with E-state index < -0.39 is 38.5 Å². The van der Waals surface area contributed by atoms with E-state index in [-0.39, 0.29) is 5.69 Å². The van der Waals surface area contributed by atoms with Gasteiger partial charge in [-0.05, 0) is 22.6 Å². The predicted molar refractivity (Wildman–Crippen MR) is 74.4 cm³/mol. The number of benzene rings is 1. The van der Waals surface area contributed by atoms with Gasteiger partial charge in [-0.1, -0.05) is 23.3 Å². The second-order valence-corrected chi connectivity index (χ2v) is 6.55. The lowest BCUT2D eigenvalue weighted by molar-refractivity contribution is -0.153. The Balaban J connectivity index is 2.56. The molecule has 0 aliphatic rings. The van der Waals surface area contributed by atoms with E-state index in [2.05, 4.69) is 20.3 Å². The average Bonchev–Trinajstić information content (AvgIpc) is 3.03. The van der Waals surface area contributed by atoms with E-state index in [4.69, 9.17) is 5.11 Å². The molecule has 2 rings (SSSR count). The van der Waals surface area contributed by atoms with Gasteiger partial charge >= 0.3 is 16.9 Å². The Morgan fingerprint density at radius 2 is 1.96 bits per heavy atom. The van der Waals surface area contributed by atoms with Gasteiger partial charge in [0, 0.05) is 6.92 Å². The highest BCUT2D eigenvalue weighted by Crippen LogP contribution is 2.28. The number of rotatable bonds is 6. The number of carbonyl (C=O) groups excluding carboxylic acids is 1. The number of aliphatic carboxylic acids is 1. The third-order valence-electron chi connectivity index (χ3n) is 2.89. The molecular weight excluding hydrogens is 347 g/mol. The molecule has 0 amide bonds. The fourth-order valence-electron chi connectivity index (χ4n) is 1.67. The van der Waals surface area contributed by atoms with Gasteiger partial charge in [-0.2, -0.15) is 4.68 Å². The second-order valence-electron chi connectivity index (χ2n) is 4.53. The number of carbonyl (C=O) groups is 2. The molecule has 0 aliphatic carbocycles. The molecule has 1 heterocycles. The van der Waals surface area contributed by atoms with Gasteiger partial charge < -0.3 is 9.84 Å². The van der Waals surface area contributed by atoms with Crippen molar-refractivity contribution in [2.24, 2.45) is 0 Å². The average molecular weight is 358 g/mol. The minimum Gasteiger partial charge on any atom is -0.478 e. The molecular formula is C12H11FN4O6S. The van der Waals surface area contributed by atoms with Crippen LogP contribution in [0.1, 0.15) is 6.92 Å². The number of nitrogens with zero attached hydrogens (tertiary/aromatic N) is 4. The Hall–Kier alpha value is -2.89. The molecule has 24 heavy (non-hydrogen) atoms. The molecule has 1 aromatic carbocycles. The summed E-state index contributed by atoms with van der Waals surface area (Å²) in [4.78, 5) is 22.0. The Morgan fingerprint density at radius 3 is 2.50 bits per heavy atom. The first-order valence-electron chi connectivity index (χ1n) is 6.34. The smallest absolute Gasteiger partial charge is 0.361 e. The van der Waals surface area contributed by atoms with Crippen LogP contribution in [0.25, 0.3) is 5.69 Å². The molecule has 0 spiro atoms. The molecule has 1 aromatic heterocycles. The van der Waals surface area contributed by atoms with Crippen molar-refractivity contribution in [3.05, 3.63) is 30.3 Å². The summed E-state index contributed by atoms with van der Waals surface area (Å²) in [5, 5.41) is 13.8. The zero-order chi connectivity index (χ0) is 18.0. The lowest BCUT2D eigenvalue weighted by atomic mass is 10.3. The molecule has 0 saturated carbocycles. The monoisotopic (exact) mass is 358 g/mol. The van der Waals surface area contributed by atoms with E-state index in [9.17, 15) is 22.4 Å². The molecule has 0 radical (unpaired) electrons. The van der Waals surface area contributed by atoms with Crippen molar-refractivity contribution in [2.75, 3.05) is 6.61 Å². The molecule has 10 nitrogen and oxygen atoms in total. The van der Waals surface area contributed by atoms with Crippen molar-refractivity contribution in [1.29, 1.82) is 0 Å². The van der Waals surface area contributed by atoms with Gasteiger partial charge in [-0.15, -0.1) is 0 Å². The maximum Gasteiger partial charge on any atom is 0.361 e. The first kappa shape index (κ1) is 17.5. The summed E-state index contributed by atoms with van der Waals surface area (Å²) < 4.78 is 44.6. The van der Waals surface area contributed by atoms with Crippen LogP contribution < -0.4 is 0 Å². The summed E-state index contributed by atoms with van der Waals surface area (Å²) in [6.07, 6.45) is 0. The van der Waals surface area contributed by atoms with Crippen LogP contribution in [-0.2, 0) is 24.2 Å². The fourth-order valence-corrected chi connectivity index (χ4v) is 2.92. The summed E-state index contributed by atoms with van der Waals surface area (Å²) in [7, 11) is -5.25. The molecule has 1 unspecified atom stereocenters. The van der Waals surface area contributed by atoms with Crippen molar-refractivity contribution in [1.82, 2.24) is 20.2 Å². The van der Waals surface area contributed by atoms with Crippen LogP contribution in [0.5, 0.6) is 0 Å². The number of carboxylic acid groups (broad SMARTS) is 1. The van der Waals surface area contributed by atoms with Gasteiger partial charge in [-0.3, -0.25) is 4.79 Å². The number of hydrogen-bond donors (Lipinski definition) is 1. The van der Waals surface area contributed by atoms with Crippen molar-refractivity contribution in [3.8, 4) is 5.69 Å². The van der Waals surface area contributed by atoms with Crippen LogP contribution in [-0.4, -0.2) is 57.3 Å². The van der Waals surface area contributed by atoms with Crippen molar-refractivity contribution >= 4 is 21.8 Å². The van der Waals surface area contributed by atoms with Crippen LogP contribution >= 0.6 is 0 Å². The number of ether oxygens (including phenoxy) is 1. The van der Waals surface area contributed by atoms with Gasteiger partial charge in [0.25, 0.3) is 15.0 Å². The van der Waals surface area contributed by atoms with E-state index in [0.717, 1.165) is 6.92 Å². The highest BCUT2D eigenvalue weighted by molar-refractivity contribution is 7.93. The normalized spacial score (nSPS) is 13.9. The molecule has 0 saturated heterocycles. The summed E-state index contributed by atoms with van der Waals surface area (Å²) in [5.74, 6) is -3.40. The molecule has 0 aliphatic heterocycles. The largest absolute Gasteiger partial charge is 0.478 e. The van der Waals surface area contributed by atoms with Crippen LogP contribution in [0.2, 0.25) is 0 Å². The molecule has 0 fully saturated rings. The van der Waals surface area contributed by atoms with E-state index in [0.29, 0.717) is 4.68 Å². The number of esters is 1. The fraction of sp³-hybridized carbons (Fsp3) is 0.250. The Kier molecular flexibility index (Phi) is 4.59. The number of carboxylic acids is 1. The number of alkyl halides is 1. The summed E-state index contributed by atoms with van der Waals surface area (Å²) in [5.41, 5.74) is 0.168. The van der Waals surface area contributed by atoms with E-state index in [1.807, 2.05) is 0 Å². The Bertz CT molecular complexity index is 869. The maximum absolute atomic E-state index is 14.7. The zero-order valence-corrected chi connectivity index (χ0v) is 13.0. The number of sulfone groups is 1. The lowest BCUT2D eigenvalue weighted by Crippen LogP contribution is -2.47. The van der Waals surface area contributed by atoms with Crippen LogP contribution in [0, 0.1) is 0 Å². The molecule has 1 atom stereocenters. The first-order chi connectivity index (χ1) is 11.2. The molecule has 128 valence electrons. The van der Waals surface area contributed by atoms with Gasteiger partial charge in [0.05, 0.1) is 5.69 Å². The number of aromatic nitrogens is 4. The minimum absolute atomic E-state index is 0.168. The summed E-state index contributed by atoms with van der Waals surface area (Å²) in [6.45, 7) is -0.662. The number of halogens is 1. The second kappa shape index (κ2) is 6.31. The van der Waals surface area contributed by atoms with E-state index in [1.54, 1.807) is 18.2 Å². The highest BCUT2D eigenvalue weighted by atomic mass is 32.2. The van der Waals surface area contributed by atoms with Crippen molar-refractivity contribution in [2.45, 2.75) is 17.1 Å². The molecule has 2 aromatic rings. The quantitative estimate of drug-likeness (QED) is 0.692. The SMILES string of the molecule is CC(=O)OCC(F)(C(=O)O)S(=O)(=O)c1nnnn1-c1ccccc1. The zero-order valence-electron chi connectivity index (χ0n) is 12.2. The Labute approximate surface area is 134 Å². The topological polar surface area (TPSA) is 141 Å². The first-order valence-corrected chi connectivity index (χ1v) is 7.82. The summed E-state index contributed by atoms with van der Waals surface area (Å²) in [6, 6.07) is 7.60. The van der Waals surface area contributed by atoms with E-state index in [1.165, 1.54) is 12.1 Å². The van der Waals surface area contributed by atoms with Gasteiger partial charge in [0.15, 0.2) is 6.61 Å². The maximum atomic E-state index is 14.7. The summed E-state index contributed by atoms with van der Waals surface area (Å²) >= 11 is 0. The predicted octanol–water partition coefficient (Wildman–Crippen LogP) is -0.250. The van der Waals surface area contributed by atoms with Crippen LogP contribution in [0.4, 0.5) is 4.39 Å². The van der Waals surface area contributed by atoms with Gasteiger partial charge in [-0.25, -0.2) is 17.6 Å². The van der Waals surface area contributed by atoms with Crippen molar-refractivity contribution in [3.63, 3.8) is 0 Å². The molecule has 1 N–H and O–H groups in total. The standard InChI is InChI=1S/C12H11FN4O6S/c1-8(18)23-7-12(13,10(19)20)24(21,22)11-14-15-16-17(11)9-5-3-2-4-6-9/h2-6H,7H2,1H3,(H,19,20). The van der Waals surface area contributed by atoms with Crippen LogP contribution in [0.3, 0.4) is 0 Å². The number of tetrazole rings is 1. The highest BCUT2D eigenvalue weighted by Gasteiger charge is 2.57. The number of para-hydroxylation sites is 1. The minimum atomic E-state index is -5.25. The molecule has 0 bridgehead atoms. The van der Waals surface area contributed by atoms with Crippen molar-refractivity contribution < 1.29 is 32.2 Å². The van der Waals surface area contributed by atoms with Gasteiger partial charge in [0.1, 0.15) is 0 Å². The van der Waals surface area contributed by atoms with E-state index >= 15 is 0 Å². The Morgan fingerprint density at radius 1 is 1.33 bits per heavy atom. The third-order valence-corrected chi connectivity index (χ3v) is 4.77.